The van der Waals surface area contributed by atoms with Crippen LogP contribution in [0.15, 0.2) is 58.9 Å². The van der Waals surface area contributed by atoms with E-state index in [9.17, 15) is 4.39 Å². The average molecular weight is 330 g/mol. The molecule has 0 saturated heterocycles. The molecule has 5 heteroatoms. The van der Waals surface area contributed by atoms with Crippen LogP contribution in [0.5, 0.6) is 0 Å². The van der Waals surface area contributed by atoms with Crippen LogP contribution < -0.4 is 5.73 Å². The van der Waals surface area contributed by atoms with Crippen LogP contribution in [-0.4, -0.2) is 4.98 Å². The molecule has 1 heterocycles. The average Bonchev–Trinajstić information content (AvgIpc) is 2.89. The summed E-state index contributed by atoms with van der Waals surface area (Å²) in [5.41, 5.74) is 8.90. The molecular formula is C17H15FN2S2. The lowest BCUT2D eigenvalue weighted by molar-refractivity contribution is 0.628. The number of benzene rings is 2. The van der Waals surface area contributed by atoms with Crippen molar-refractivity contribution in [2.45, 2.75) is 16.5 Å². The lowest BCUT2D eigenvalue weighted by Crippen LogP contribution is -1.87. The van der Waals surface area contributed by atoms with E-state index in [1.807, 2.05) is 18.2 Å². The van der Waals surface area contributed by atoms with E-state index < -0.39 is 0 Å². The monoisotopic (exact) mass is 330 g/mol. The van der Waals surface area contributed by atoms with Crippen LogP contribution in [0, 0.1) is 5.82 Å². The molecule has 2 N–H and O–H groups in total. The minimum atomic E-state index is -0.259. The molecule has 3 aromatic rings. The highest BCUT2D eigenvalue weighted by Gasteiger charge is 2.14. The normalized spacial score (nSPS) is 12.3. The highest BCUT2D eigenvalue weighted by atomic mass is 32.2. The summed E-state index contributed by atoms with van der Waals surface area (Å²) in [5, 5.41) is 0.960. The van der Waals surface area contributed by atoms with Crippen molar-refractivity contribution < 1.29 is 4.39 Å². The van der Waals surface area contributed by atoms with Gasteiger partial charge in [0.05, 0.1) is 0 Å². The first-order valence-electron chi connectivity index (χ1n) is 6.87. The lowest BCUT2D eigenvalue weighted by Gasteiger charge is -2.08. The smallest absolute Gasteiger partial charge is 0.153 e. The van der Waals surface area contributed by atoms with E-state index in [-0.39, 0.29) is 5.82 Å². The zero-order valence-electron chi connectivity index (χ0n) is 12.0. The standard InChI is InChI=1S/C17H15FN2S2/c1-11(12-5-3-2-4-6-12)21-17-20-15(16(19)22-17)13-7-9-14(18)10-8-13/h2-11H,19H2,1H3. The third kappa shape index (κ3) is 3.31. The minimum Gasteiger partial charge on any atom is -0.389 e. The summed E-state index contributed by atoms with van der Waals surface area (Å²) < 4.78 is 13.9. The second-order valence-corrected chi connectivity index (χ2v) is 7.49. The zero-order chi connectivity index (χ0) is 15.5. The molecule has 2 nitrogen and oxygen atoms in total. The number of halogens is 1. The van der Waals surface area contributed by atoms with Gasteiger partial charge in [-0.2, -0.15) is 0 Å². The van der Waals surface area contributed by atoms with Crippen molar-refractivity contribution in [2.75, 3.05) is 5.73 Å². The third-order valence-electron chi connectivity index (χ3n) is 3.30. The van der Waals surface area contributed by atoms with Crippen molar-refractivity contribution in [2.24, 2.45) is 0 Å². The van der Waals surface area contributed by atoms with E-state index in [2.05, 4.69) is 24.0 Å². The molecule has 1 atom stereocenters. The first kappa shape index (κ1) is 15.1. The van der Waals surface area contributed by atoms with Gasteiger partial charge < -0.3 is 5.73 Å². The second kappa shape index (κ2) is 6.50. The van der Waals surface area contributed by atoms with E-state index in [1.165, 1.54) is 29.0 Å². The molecule has 1 aromatic heterocycles. The van der Waals surface area contributed by atoms with Crippen molar-refractivity contribution in [1.82, 2.24) is 4.98 Å². The van der Waals surface area contributed by atoms with Crippen LogP contribution in [0.1, 0.15) is 17.7 Å². The quantitative estimate of drug-likeness (QED) is 0.652. The number of aromatic nitrogens is 1. The Bertz CT molecular complexity index is 754. The molecule has 22 heavy (non-hydrogen) atoms. The van der Waals surface area contributed by atoms with Gasteiger partial charge in [-0.05, 0) is 36.8 Å². The maximum Gasteiger partial charge on any atom is 0.153 e. The Labute approximate surface area is 137 Å². The van der Waals surface area contributed by atoms with E-state index in [0.29, 0.717) is 10.3 Å². The van der Waals surface area contributed by atoms with Crippen molar-refractivity contribution in [3.63, 3.8) is 0 Å². The zero-order valence-corrected chi connectivity index (χ0v) is 13.6. The summed E-state index contributed by atoms with van der Waals surface area (Å²) in [4.78, 5) is 4.61. The molecule has 0 bridgehead atoms. The summed E-state index contributed by atoms with van der Waals surface area (Å²) in [6.45, 7) is 2.15. The van der Waals surface area contributed by atoms with Crippen LogP contribution >= 0.6 is 23.1 Å². The number of nitrogens with two attached hydrogens (primary N) is 1. The molecular weight excluding hydrogens is 315 g/mol. The molecule has 0 fully saturated rings. The van der Waals surface area contributed by atoms with Gasteiger partial charge in [0.15, 0.2) is 4.34 Å². The maximum absolute atomic E-state index is 13.0. The van der Waals surface area contributed by atoms with Gasteiger partial charge in [0.25, 0.3) is 0 Å². The molecule has 0 aliphatic carbocycles. The number of rotatable bonds is 4. The van der Waals surface area contributed by atoms with Gasteiger partial charge >= 0.3 is 0 Å². The fourth-order valence-electron chi connectivity index (χ4n) is 2.12. The molecule has 112 valence electrons. The Morgan fingerprint density at radius 2 is 1.77 bits per heavy atom. The number of nitrogen functional groups attached to an aromatic ring is 1. The molecule has 0 aliphatic rings. The Balaban J connectivity index is 1.82. The van der Waals surface area contributed by atoms with E-state index in [0.717, 1.165) is 15.6 Å². The van der Waals surface area contributed by atoms with Crippen LogP contribution in [-0.2, 0) is 0 Å². The van der Waals surface area contributed by atoms with Crippen LogP contribution in [0.2, 0.25) is 0 Å². The maximum atomic E-state index is 13.0. The first-order valence-corrected chi connectivity index (χ1v) is 8.57. The van der Waals surface area contributed by atoms with Crippen molar-refractivity contribution in [3.8, 4) is 11.3 Å². The van der Waals surface area contributed by atoms with Gasteiger partial charge in [0, 0.05) is 10.8 Å². The fraction of sp³-hybridized carbons (Fsp3) is 0.118. The fourth-order valence-corrected chi connectivity index (χ4v) is 4.34. The van der Waals surface area contributed by atoms with Crippen molar-refractivity contribution in [1.29, 1.82) is 0 Å². The first-order chi connectivity index (χ1) is 10.6. The van der Waals surface area contributed by atoms with Gasteiger partial charge in [-0.15, -0.1) is 0 Å². The van der Waals surface area contributed by atoms with E-state index in [4.69, 9.17) is 5.73 Å². The van der Waals surface area contributed by atoms with Gasteiger partial charge in [-0.1, -0.05) is 53.4 Å². The van der Waals surface area contributed by atoms with Gasteiger partial charge in [0.2, 0.25) is 0 Å². The predicted molar refractivity (Wildman–Crippen MR) is 92.6 cm³/mol. The largest absolute Gasteiger partial charge is 0.389 e. The number of anilines is 1. The van der Waals surface area contributed by atoms with Gasteiger partial charge in [-0.25, -0.2) is 9.37 Å². The summed E-state index contributed by atoms with van der Waals surface area (Å²) in [6.07, 6.45) is 0. The number of hydrogen-bond acceptors (Lipinski definition) is 4. The summed E-state index contributed by atoms with van der Waals surface area (Å²) in [5.74, 6) is -0.259. The van der Waals surface area contributed by atoms with Crippen LogP contribution in [0.3, 0.4) is 0 Å². The second-order valence-electron chi connectivity index (χ2n) is 4.87. The van der Waals surface area contributed by atoms with Crippen LogP contribution in [0.25, 0.3) is 11.3 Å². The molecule has 0 saturated carbocycles. The van der Waals surface area contributed by atoms with E-state index in [1.54, 1.807) is 23.9 Å². The lowest BCUT2D eigenvalue weighted by atomic mass is 10.2. The Morgan fingerprint density at radius 3 is 2.45 bits per heavy atom. The molecule has 0 spiro atoms. The van der Waals surface area contributed by atoms with Gasteiger partial charge in [-0.3, -0.25) is 0 Å². The summed E-state index contributed by atoms with van der Waals surface area (Å²) in [6, 6.07) is 16.5. The molecule has 1 unspecified atom stereocenters. The number of nitrogens with zero attached hydrogens (tertiary/aromatic N) is 1. The molecule has 2 aromatic carbocycles. The van der Waals surface area contributed by atoms with Gasteiger partial charge in [0.1, 0.15) is 16.5 Å². The van der Waals surface area contributed by atoms with E-state index >= 15 is 0 Å². The topological polar surface area (TPSA) is 38.9 Å². The Kier molecular flexibility index (Phi) is 4.45. The molecule has 3 rings (SSSR count). The minimum absolute atomic E-state index is 0.259. The molecule has 0 aliphatic heterocycles. The molecule has 0 radical (unpaired) electrons. The Morgan fingerprint density at radius 1 is 1.09 bits per heavy atom. The highest BCUT2D eigenvalue weighted by molar-refractivity contribution is 8.01. The highest BCUT2D eigenvalue weighted by Crippen LogP contribution is 2.41. The van der Waals surface area contributed by atoms with Crippen LogP contribution in [0.4, 0.5) is 9.39 Å². The third-order valence-corrected chi connectivity index (χ3v) is 5.43. The molecule has 0 amide bonds. The number of thioether (sulfide) groups is 1. The number of hydrogen-bond donors (Lipinski definition) is 1. The number of thiazole rings is 1. The summed E-state index contributed by atoms with van der Waals surface area (Å²) >= 11 is 3.16. The van der Waals surface area contributed by atoms with Crippen molar-refractivity contribution >= 4 is 28.1 Å². The van der Waals surface area contributed by atoms with Crippen molar-refractivity contribution in [3.05, 3.63) is 66.0 Å². The predicted octanol–water partition coefficient (Wildman–Crippen LogP) is 5.38. The Hall–Kier alpha value is -1.85. The SMILES string of the molecule is CC(Sc1nc(-c2ccc(F)cc2)c(N)s1)c1ccccc1. The summed E-state index contributed by atoms with van der Waals surface area (Å²) in [7, 11) is 0.